The van der Waals surface area contributed by atoms with Crippen LogP contribution in [0.1, 0.15) is 48.9 Å². The molecular weight excluding hydrogens is 304 g/mol. The fourth-order valence-electron chi connectivity index (χ4n) is 3.15. The summed E-state index contributed by atoms with van der Waals surface area (Å²) in [6.45, 7) is 2.62. The molecule has 7 heteroatoms. The Labute approximate surface area is 140 Å². The van der Waals surface area contributed by atoms with Crippen LogP contribution in [0.4, 0.5) is 5.82 Å². The van der Waals surface area contributed by atoms with Gasteiger partial charge in [-0.15, -0.1) is 0 Å². The van der Waals surface area contributed by atoms with Crippen LogP contribution in [0, 0.1) is 11.3 Å². The molecule has 1 saturated carbocycles. The average molecular weight is 324 g/mol. The molecule has 1 aliphatic carbocycles. The van der Waals surface area contributed by atoms with Crippen LogP contribution in [0.25, 0.3) is 0 Å². The zero-order valence-corrected chi connectivity index (χ0v) is 13.5. The van der Waals surface area contributed by atoms with Crippen molar-refractivity contribution >= 4 is 5.82 Å². The van der Waals surface area contributed by atoms with Gasteiger partial charge in [-0.25, -0.2) is 4.98 Å². The Hall–Kier alpha value is -2.46. The molecule has 2 aromatic rings. The van der Waals surface area contributed by atoms with E-state index < -0.39 is 0 Å². The fraction of sp³-hybridized carbons (Fsp3) is 0.529. The van der Waals surface area contributed by atoms with E-state index in [2.05, 4.69) is 31.4 Å². The second-order valence-electron chi connectivity index (χ2n) is 6.55. The molecule has 2 fully saturated rings. The summed E-state index contributed by atoms with van der Waals surface area (Å²) in [5.74, 6) is 2.73. The van der Waals surface area contributed by atoms with Crippen molar-refractivity contribution in [1.29, 1.82) is 5.26 Å². The number of hydrogen-bond donors (Lipinski definition) is 1. The number of hydrogen-bond acceptors (Lipinski definition) is 7. The maximum Gasteiger partial charge on any atom is 0.229 e. The van der Waals surface area contributed by atoms with E-state index in [4.69, 9.17) is 4.52 Å². The minimum absolute atomic E-state index is 0.274. The van der Waals surface area contributed by atoms with Crippen LogP contribution in [0.5, 0.6) is 0 Å². The van der Waals surface area contributed by atoms with Crippen molar-refractivity contribution in [2.24, 2.45) is 0 Å². The highest BCUT2D eigenvalue weighted by atomic mass is 16.5. The topological polar surface area (TPSA) is 90.9 Å². The van der Waals surface area contributed by atoms with Gasteiger partial charge >= 0.3 is 0 Å². The summed E-state index contributed by atoms with van der Waals surface area (Å²) in [6.07, 6.45) is 6.21. The largest absolute Gasteiger partial charge is 0.365 e. The molecule has 0 amide bonds. The first-order chi connectivity index (χ1) is 11.8. The normalized spacial score (nSPS) is 21.4. The van der Waals surface area contributed by atoms with Gasteiger partial charge in [-0.3, -0.25) is 4.90 Å². The van der Waals surface area contributed by atoms with Gasteiger partial charge in [0.05, 0.1) is 12.1 Å². The molecule has 2 aliphatic rings. The molecule has 7 nitrogen and oxygen atoms in total. The zero-order valence-electron chi connectivity index (χ0n) is 13.5. The van der Waals surface area contributed by atoms with Gasteiger partial charge in [-0.05, 0) is 44.4 Å². The highest BCUT2D eigenvalue weighted by Crippen LogP contribution is 2.38. The Balaban J connectivity index is 1.37. The van der Waals surface area contributed by atoms with Gasteiger partial charge in [-0.1, -0.05) is 5.16 Å². The van der Waals surface area contributed by atoms with E-state index in [-0.39, 0.29) is 6.04 Å². The summed E-state index contributed by atoms with van der Waals surface area (Å²) in [7, 11) is 0. The van der Waals surface area contributed by atoms with Crippen molar-refractivity contribution in [1.82, 2.24) is 20.0 Å². The first kappa shape index (κ1) is 15.1. The molecule has 4 rings (SSSR count). The number of nitrogens with zero attached hydrogens (tertiary/aromatic N) is 5. The van der Waals surface area contributed by atoms with Crippen molar-refractivity contribution in [2.45, 2.75) is 44.2 Å². The number of likely N-dealkylation sites (tertiary alicyclic amines) is 1. The maximum absolute atomic E-state index is 9.18. The molecule has 2 aromatic heterocycles. The third-order valence-corrected chi connectivity index (χ3v) is 4.55. The minimum atomic E-state index is 0.274. The highest BCUT2D eigenvalue weighted by Gasteiger charge is 2.30. The summed E-state index contributed by atoms with van der Waals surface area (Å²) in [6, 6.07) is 6.03. The molecule has 0 spiro atoms. The molecule has 124 valence electrons. The Morgan fingerprint density at radius 2 is 2.29 bits per heavy atom. The Kier molecular flexibility index (Phi) is 4.13. The summed E-state index contributed by atoms with van der Waals surface area (Å²) < 4.78 is 5.33. The number of nitriles is 1. The molecule has 0 bridgehead atoms. The van der Waals surface area contributed by atoms with Gasteiger partial charge in [-0.2, -0.15) is 10.2 Å². The van der Waals surface area contributed by atoms with Crippen LogP contribution in [0.15, 0.2) is 22.9 Å². The van der Waals surface area contributed by atoms with E-state index in [9.17, 15) is 5.26 Å². The predicted octanol–water partition coefficient (Wildman–Crippen LogP) is 2.29. The number of rotatable bonds is 5. The Morgan fingerprint density at radius 1 is 1.38 bits per heavy atom. The second kappa shape index (κ2) is 6.57. The molecule has 0 unspecified atom stereocenters. The number of nitrogens with one attached hydrogen (secondary N) is 1. The molecule has 1 saturated heterocycles. The molecule has 0 aromatic carbocycles. The van der Waals surface area contributed by atoms with Gasteiger partial charge in [0.2, 0.25) is 5.89 Å². The number of piperidine rings is 1. The van der Waals surface area contributed by atoms with E-state index in [0.29, 0.717) is 23.8 Å². The van der Waals surface area contributed by atoms with Crippen LogP contribution in [-0.4, -0.2) is 39.2 Å². The second-order valence-corrected chi connectivity index (χ2v) is 6.55. The molecule has 1 aliphatic heterocycles. The SMILES string of the molecule is N#Cc1cccnc1N[C@@H]1CCCN(Cc2noc(C3CC3)n2)C1. The lowest BCUT2D eigenvalue weighted by molar-refractivity contribution is 0.201. The van der Waals surface area contributed by atoms with E-state index in [1.54, 1.807) is 18.3 Å². The van der Waals surface area contributed by atoms with Gasteiger partial charge in [0.1, 0.15) is 11.9 Å². The van der Waals surface area contributed by atoms with Gasteiger partial charge < -0.3 is 9.84 Å². The van der Waals surface area contributed by atoms with Crippen molar-refractivity contribution in [3.63, 3.8) is 0 Å². The fourth-order valence-corrected chi connectivity index (χ4v) is 3.15. The van der Waals surface area contributed by atoms with Crippen molar-refractivity contribution < 1.29 is 4.52 Å². The molecule has 3 heterocycles. The smallest absolute Gasteiger partial charge is 0.229 e. The van der Waals surface area contributed by atoms with Gasteiger partial charge in [0.25, 0.3) is 0 Å². The van der Waals surface area contributed by atoms with Gasteiger partial charge in [0, 0.05) is 24.7 Å². The highest BCUT2D eigenvalue weighted by molar-refractivity contribution is 5.51. The van der Waals surface area contributed by atoms with Crippen LogP contribution < -0.4 is 5.32 Å². The lowest BCUT2D eigenvalue weighted by atomic mass is 10.1. The Bertz CT molecular complexity index is 748. The summed E-state index contributed by atoms with van der Waals surface area (Å²) in [5, 5.41) is 16.7. The van der Waals surface area contributed by atoms with E-state index in [1.165, 1.54) is 12.8 Å². The molecule has 24 heavy (non-hydrogen) atoms. The van der Waals surface area contributed by atoms with Crippen LogP contribution in [0.3, 0.4) is 0 Å². The summed E-state index contributed by atoms with van der Waals surface area (Å²) in [5.41, 5.74) is 0.585. The monoisotopic (exact) mass is 324 g/mol. The third-order valence-electron chi connectivity index (χ3n) is 4.55. The van der Waals surface area contributed by atoms with E-state index >= 15 is 0 Å². The third kappa shape index (κ3) is 3.39. The molecule has 1 N–H and O–H groups in total. The first-order valence-corrected chi connectivity index (χ1v) is 8.48. The summed E-state index contributed by atoms with van der Waals surface area (Å²) >= 11 is 0. The van der Waals surface area contributed by atoms with Crippen LogP contribution in [-0.2, 0) is 6.54 Å². The summed E-state index contributed by atoms with van der Waals surface area (Å²) in [4.78, 5) is 11.1. The molecular formula is C17H20N6O. The maximum atomic E-state index is 9.18. The van der Waals surface area contributed by atoms with Gasteiger partial charge in [0.15, 0.2) is 5.82 Å². The number of aromatic nitrogens is 3. The number of anilines is 1. The molecule has 0 radical (unpaired) electrons. The van der Waals surface area contributed by atoms with Crippen molar-refractivity contribution in [3.8, 4) is 6.07 Å². The average Bonchev–Trinajstić information content (AvgIpc) is 3.36. The van der Waals surface area contributed by atoms with Crippen LogP contribution >= 0.6 is 0 Å². The van der Waals surface area contributed by atoms with Crippen molar-refractivity contribution in [2.75, 3.05) is 18.4 Å². The Morgan fingerprint density at radius 3 is 3.12 bits per heavy atom. The van der Waals surface area contributed by atoms with E-state index in [0.717, 1.165) is 37.6 Å². The predicted molar refractivity (Wildman–Crippen MR) is 87.1 cm³/mol. The zero-order chi connectivity index (χ0) is 16.4. The number of pyridine rings is 1. The van der Waals surface area contributed by atoms with Crippen LogP contribution in [0.2, 0.25) is 0 Å². The lowest BCUT2D eigenvalue weighted by Crippen LogP contribution is -2.42. The minimum Gasteiger partial charge on any atom is -0.365 e. The molecule has 1 atom stereocenters. The lowest BCUT2D eigenvalue weighted by Gasteiger charge is -2.32. The first-order valence-electron chi connectivity index (χ1n) is 8.48. The standard InChI is InChI=1S/C17H20N6O/c18-9-13-3-1-7-19-16(13)20-14-4-2-8-23(10-14)11-15-21-17(24-22-15)12-5-6-12/h1,3,7,12,14H,2,4-6,8,10-11H2,(H,19,20)/t14-/m1/s1. The van der Waals surface area contributed by atoms with E-state index in [1.807, 2.05) is 0 Å². The quantitative estimate of drug-likeness (QED) is 0.902. The van der Waals surface area contributed by atoms with Crippen molar-refractivity contribution in [3.05, 3.63) is 35.6 Å².